The number of nitrogens with one attached hydrogen (secondary N) is 2. The molecule has 2 aromatic carbocycles. The highest BCUT2D eigenvalue weighted by molar-refractivity contribution is 6.35. The maximum atomic E-state index is 12.1. The first-order valence-corrected chi connectivity index (χ1v) is 8.36. The monoisotopic (exact) mass is 394 g/mol. The zero-order valence-corrected chi connectivity index (χ0v) is 15.5. The molecule has 0 heterocycles. The molecule has 0 bridgehead atoms. The summed E-state index contributed by atoms with van der Waals surface area (Å²) in [5, 5.41) is 0.549. The van der Waals surface area contributed by atoms with Crippen LogP contribution in [0.2, 0.25) is 10.0 Å². The minimum absolute atomic E-state index is 0.0651. The van der Waals surface area contributed by atoms with Gasteiger partial charge in [0.25, 0.3) is 11.8 Å². The summed E-state index contributed by atoms with van der Waals surface area (Å²) < 4.78 is 5.47. The van der Waals surface area contributed by atoms with Gasteiger partial charge in [0.15, 0.2) is 11.9 Å². The van der Waals surface area contributed by atoms with Crippen LogP contribution in [0, 0.1) is 0 Å². The number of benzene rings is 2. The van der Waals surface area contributed by atoms with Crippen LogP contribution in [0.25, 0.3) is 0 Å². The molecule has 0 aromatic heterocycles. The van der Waals surface area contributed by atoms with E-state index in [4.69, 9.17) is 27.9 Å². The van der Waals surface area contributed by atoms with Crippen molar-refractivity contribution in [2.75, 3.05) is 0 Å². The van der Waals surface area contributed by atoms with Crippen LogP contribution in [0.1, 0.15) is 34.6 Å². The second-order valence-electron chi connectivity index (χ2n) is 5.41. The van der Waals surface area contributed by atoms with Crippen LogP contribution in [-0.2, 0) is 4.79 Å². The van der Waals surface area contributed by atoms with E-state index in [1.54, 1.807) is 30.3 Å². The quantitative estimate of drug-likeness (QED) is 0.600. The summed E-state index contributed by atoms with van der Waals surface area (Å²) in [6.45, 7) is 2.98. The maximum absolute atomic E-state index is 12.1. The Morgan fingerprint density at radius 2 is 1.65 bits per heavy atom. The van der Waals surface area contributed by atoms with Crippen LogP contribution in [-0.4, -0.2) is 23.7 Å². The lowest BCUT2D eigenvalue weighted by Crippen LogP contribution is -2.47. The molecule has 0 radical (unpaired) electrons. The molecule has 26 heavy (non-hydrogen) atoms. The standard InChI is InChI=1S/C18H16Cl2N2O4/c1-10(23)12-3-6-14(7-4-12)26-11(2)17(24)21-22-18(25)15-9-13(19)5-8-16(15)20/h3-9,11H,1-2H3,(H,21,24)(H,22,25). The van der Waals surface area contributed by atoms with Crippen LogP contribution in [0.5, 0.6) is 5.75 Å². The summed E-state index contributed by atoms with van der Waals surface area (Å²) in [6, 6.07) is 10.8. The molecule has 0 saturated heterocycles. The first-order valence-electron chi connectivity index (χ1n) is 7.61. The number of ketones is 1. The fourth-order valence-corrected chi connectivity index (χ4v) is 2.36. The van der Waals surface area contributed by atoms with E-state index in [1.807, 2.05) is 0 Å². The topological polar surface area (TPSA) is 84.5 Å². The number of Topliss-reactive ketones (excluding diaryl/α,β-unsaturated/α-hetero) is 1. The lowest BCUT2D eigenvalue weighted by molar-refractivity contribution is -0.128. The molecule has 0 spiro atoms. The molecule has 2 amide bonds. The van der Waals surface area contributed by atoms with Crippen molar-refractivity contribution in [1.29, 1.82) is 0 Å². The smallest absolute Gasteiger partial charge is 0.279 e. The third-order valence-corrected chi connectivity index (χ3v) is 3.98. The number of hydrogen-bond acceptors (Lipinski definition) is 4. The van der Waals surface area contributed by atoms with Gasteiger partial charge in [-0.1, -0.05) is 23.2 Å². The Morgan fingerprint density at radius 3 is 2.27 bits per heavy atom. The van der Waals surface area contributed by atoms with Gasteiger partial charge in [0.05, 0.1) is 10.6 Å². The van der Waals surface area contributed by atoms with Crippen molar-refractivity contribution < 1.29 is 19.1 Å². The highest BCUT2D eigenvalue weighted by Crippen LogP contribution is 2.20. The summed E-state index contributed by atoms with van der Waals surface area (Å²) >= 11 is 11.8. The van der Waals surface area contributed by atoms with Gasteiger partial charge in [-0.05, 0) is 56.3 Å². The Labute approximate surface area is 160 Å². The molecular weight excluding hydrogens is 379 g/mol. The summed E-state index contributed by atoms with van der Waals surface area (Å²) in [6.07, 6.45) is -0.881. The fourth-order valence-electron chi connectivity index (χ4n) is 1.98. The molecule has 8 heteroatoms. The number of hydrazine groups is 1. The van der Waals surface area contributed by atoms with Crippen molar-refractivity contribution in [3.8, 4) is 5.75 Å². The second-order valence-corrected chi connectivity index (χ2v) is 6.25. The molecule has 6 nitrogen and oxygen atoms in total. The molecule has 1 unspecified atom stereocenters. The van der Waals surface area contributed by atoms with Gasteiger partial charge in [0.1, 0.15) is 5.75 Å². The fraction of sp³-hybridized carbons (Fsp3) is 0.167. The SMILES string of the molecule is CC(=O)c1ccc(OC(C)C(=O)NNC(=O)c2cc(Cl)ccc2Cl)cc1. The zero-order valence-electron chi connectivity index (χ0n) is 14.0. The van der Waals surface area contributed by atoms with E-state index in [0.29, 0.717) is 16.3 Å². The summed E-state index contributed by atoms with van der Waals surface area (Å²) in [5.74, 6) is -0.817. The Hall–Kier alpha value is -2.57. The Morgan fingerprint density at radius 1 is 1.00 bits per heavy atom. The van der Waals surface area contributed by atoms with Crippen molar-refractivity contribution in [3.05, 3.63) is 63.6 Å². The van der Waals surface area contributed by atoms with E-state index in [0.717, 1.165) is 0 Å². The van der Waals surface area contributed by atoms with Crippen molar-refractivity contribution >= 4 is 40.8 Å². The third-order valence-electron chi connectivity index (χ3n) is 3.42. The van der Waals surface area contributed by atoms with Gasteiger partial charge < -0.3 is 4.74 Å². The molecule has 0 aliphatic rings. The third kappa shape index (κ3) is 5.21. The number of halogens is 2. The van der Waals surface area contributed by atoms with E-state index >= 15 is 0 Å². The van der Waals surface area contributed by atoms with Gasteiger partial charge in [0, 0.05) is 10.6 Å². The van der Waals surface area contributed by atoms with Crippen LogP contribution >= 0.6 is 23.2 Å². The number of amides is 2. The van der Waals surface area contributed by atoms with Gasteiger partial charge in [0.2, 0.25) is 0 Å². The van der Waals surface area contributed by atoms with E-state index in [9.17, 15) is 14.4 Å². The molecule has 0 aliphatic carbocycles. The molecule has 0 saturated carbocycles. The van der Waals surface area contributed by atoms with Gasteiger partial charge in [-0.15, -0.1) is 0 Å². The average Bonchev–Trinajstić information content (AvgIpc) is 2.61. The lowest BCUT2D eigenvalue weighted by atomic mass is 10.1. The normalized spacial score (nSPS) is 11.4. The van der Waals surface area contributed by atoms with E-state index in [-0.39, 0.29) is 16.4 Å². The predicted molar refractivity (Wildman–Crippen MR) is 98.6 cm³/mol. The molecule has 136 valence electrons. The van der Waals surface area contributed by atoms with Crippen LogP contribution in [0.15, 0.2) is 42.5 Å². The number of carbonyl (C=O) groups is 3. The second kappa shape index (κ2) is 8.69. The lowest BCUT2D eigenvalue weighted by Gasteiger charge is -2.15. The van der Waals surface area contributed by atoms with E-state index in [1.165, 1.54) is 26.0 Å². The van der Waals surface area contributed by atoms with Gasteiger partial charge in [-0.25, -0.2) is 0 Å². The molecule has 0 aliphatic heterocycles. The zero-order chi connectivity index (χ0) is 19.3. The molecule has 0 fully saturated rings. The summed E-state index contributed by atoms with van der Waals surface area (Å²) in [7, 11) is 0. The van der Waals surface area contributed by atoms with Crippen LogP contribution < -0.4 is 15.6 Å². The number of hydrogen-bond donors (Lipinski definition) is 2. The highest BCUT2D eigenvalue weighted by atomic mass is 35.5. The van der Waals surface area contributed by atoms with Crippen molar-refractivity contribution in [2.24, 2.45) is 0 Å². The van der Waals surface area contributed by atoms with Crippen LogP contribution in [0.3, 0.4) is 0 Å². The number of carbonyl (C=O) groups excluding carboxylic acids is 3. The van der Waals surface area contributed by atoms with Crippen molar-refractivity contribution in [3.63, 3.8) is 0 Å². The van der Waals surface area contributed by atoms with Gasteiger partial charge in [-0.2, -0.15) is 0 Å². The Bertz CT molecular complexity index is 838. The minimum Gasteiger partial charge on any atom is -0.481 e. The minimum atomic E-state index is -0.881. The van der Waals surface area contributed by atoms with Crippen molar-refractivity contribution in [2.45, 2.75) is 20.0 Å². The number of ether oxygens (including phenoxy) is 1. The summed E-state index contributed by atoms with van der Waals surface area (Å²) in [5.41, 5.74) is 5.18. The van der Waals surface area contributed by atoms with E-state index in [2.05, 4.69) is 10.9 Å². The Kier molecular flexibility index (Phi) is 6.60. The van der Waals surface area contributed by atoms with Crippen molar-refractivity contribution in [1.82, 2.24) is 10.9 Å². The number of rotatable bonds is 5. The average molecular weight is 395 g/mol. The largest absolute Gasteiger partial charge is 0.481 e. The molecule has 2 aromatic rings. The van der Waals surface area contributed by atoms with Gasteiger partial charge in [-0.3, -0.25) is 25.2 Å². The van der Waals surface area contributed by atoms with Gasteiger partial charge >= 0.3 is 0 Å². The predicted octanol–water partition coefficient (Wildman–Crippen LogP) is 3.42. The summed E-state index contributed by atoms with van der Waals surface area (Å²) in [4.78, 5) is 35.3. The molecule has 2 N–H and O–H groups in total. The van der Waals surface area contributed by atoms with Crippen LogP contribution in [0.4, 0.5) is 0 Å². The first kappa shape index (κ1) is 19.8. The Balaban J connectivity index is 1.91. The van der Waals surface area contributed by atoms with E-state index < -0.39 is 17.9 Å². The molecular formula is C18H16Cl2N2O4. The first-order chi connectivity index (χ1) is 12.3. The highest BCUT2D eigenvalue weighted by Gasteiger charge is 2.17. The molecule has 1 atom stereocenters. The molecule has 2 rings (SSSR count). The maximum Gasteiger partial charge on any atom is 0.279 e.